The second-order valence-electron chi connectivity index (χ2n) is 6.18. The van der Waals surface area contributed by atoms with Crippen LogP contribution < -0.4 is 10.5 Å². The van der Waals surface area contributed by atoms with Gasteiger partial charge in [0.1, 0.15) is 11.9 Å². The summed E-state index contributed by atoms with van der Waals surface area (Å²) in [6.07, 6.45) is 7.55. The lowest BCUT2D eigenvalue weighted by atomic mass is 9.55. The number of rotatable bonds is 2. The van der Waals surface area contributed by atoms with Crippen LogP contribution in [-0.2, 0) is 0 Å². The highest BCUT2D eigenvalue weighted by Crippen LogP contribution is 2.52. The lowest BCUT2D eigenvalue weighted by Gasteiger charge is -2.56. The summed E-state index contributed by atoms with van der Waals surface area (Å²) < 4.78 is 6.21. The molecule has 0 aliphatic heterocycles. The first-order valence-electron chi connectivity index (χ1n) is 7.30. The van der Waals surface area contributed by atoms with Crippen molar-refractivity contribution in [3.05, 3.63) is 28.8 Å². The van der Waals surface area contributed by atoms with E-state index in [-0.39, 0.29) is 11.5 Å². The molecule has 0 amide bonds. The molecule has 2 aliphatic carbocycles. The van der Waals surface area contributed by atoms with Crippen molar-refractivity contribution in [1.29, 1.82) is 0 Å². The van der Waals surface area contributed by atoms with Gasteiger partial charge in [0.2, 0.25) is 0 Å². The zero-order valence-electron chi connectivity index (χ0n) is 11.5. The highest BCUT2D eigenvalue weighted by molar-refractivity contribution is 6.32. The Bertz CT molecular complexity index is 468. The van der Waals surface area contributed by atoms with Gasteiger partial charge in [-0.15, -0.1) is 0 Å². The minimum atomic E-state index is 0.214. The van der Waals surface area contributed by atoms with E-state index >= 15 is 0 Å². The Balaban J connectivity index is 1.78. The number of benzene rings is 1. The van der Waals surface area contributed by atoms with Crippen LogP contribution in [0.4, 0.5) is 0 Å². The number of nitrogens with two attached hydrogens (primary N) is 1. The second-order valence-corrected chi connectivity index (χ2v) is 6.58. The molecule has 104 valence electrons. The first kappa shape index (κ1) is 13.3. The Kier molecular flexibility index (Phi) is 3.48. The average molecular weight is 280 g/mol. The molecule has 2 nitrogen and oxygen atoms in total. The molecule has 1 spiro atoms. The summed E-state index contributed by atoms with van der Waals surface area (Å²) in [5.41, 5.74) is 7.68. The van der Waals surface area contributed by atoms with Gasteiger partial charge >= 0.3 is 0 Å². The lowest BCUT2D eigenvalue weighted by molar-refractivity contribution is -0.0898. The monoisotopic (exact) mass is 279 g/mol. The number of ether oxygens (including phenoxy) is 1. The van der Waals surface area contributed by atoms with Crippen LogP contribution in [0.15, 0.2) is 18.2 Å². The third-order valence-corrected chi connectivity index (χ3v) is 5.30. The minimum absolute atomic E-state index is 0.214. The SMILES string of the molecule is Cc1ccc(Cl)c(OC2CC(N)C23CCCCC3)c1. The molecule has 0 bridgehead atoms. The topological polar surface area (TPSA) is 35.2 Å². The lowest BCUT2D eigenvalue weighted by Crippen LogP contribution is -2.64. The van der Waals surface area contributed by atoms with Gasteiger partial charge in [-0.1, -0.05) is 36.9 Å². The maximum Gasteiger partial charge on any atom is 0.138 e. The largest absolute Gasteiger partial charge is 0.488 e. The van der Waals surface area contributed by atoms with Gasteiger partial charge in [0.25, 0.3) is 0 Å². The van der Waals surface area contributed by atoms with Crippen molar-refractivity contribution in [2.45, 2.75) is 57.6 Å². The molecule has 1 aromatic rings. The number of halogens is 1. The molecule has 2 aliphatic rings. The Labute approximate surface area is 120 Å². The molecule has 19 heavy (non-hydrogen) atoms. The van der Waals surface area contributed by atoms with E-state index < -0.39 is 0 Å². The molecule has 3 heteroatoms. The summed E-state index contributed by atoms with van der Waals surface area (Å²) in [5, 5.41) is 0.706. The maximum atomic E-state index is 6.29. The highest BCUT2D eigenvalue weighted by atomic mass is 35.5. The third-order valence-electron chi connectivity index (χ3n) is 4.99. The first-order chi connectivity index (χ1) is 9.12. The summed E-state index contributed by atoms with van der Waals surface area (Å²) in [6, 6.07) is 6.26. The molecule has 2 atom stereocenters. The van der Waals surface area contributed by atoms with E-state index in [1.807, 2.05) is 18.2 Å². The van der Waals surface area contributed by atoms with E-state index in [2.05, 4.69) is 6.92 Å². The smallest absolute Gasteiger partial charge is 0.138 e. The van der Waals surface area contributed by atoms with Gasteiger partial charge in [-0.3, -0.25) is 0 Å². The molecule has 0 saturated heterocycles. The van der Waals surface area contributed by atoms with Crippen molar-refractivity contribution in [2.24, 2.45) is 11.1 Å². The van der Waals surface area contributed by atoms with Crippen molar-refractivity contribution >= 4 is 11.6 Å². The molecule has 2 unspecified atom stereocenters. The highest BCUT2D eigenvalue weighted by Gasteiger charge is 2.55. The number of hydrogen-bond donors (Lipinski definition) is 1. The Morgan fingerprint density at radius 2 is 2.00 bits per heavy atom. The minimum Gasteiger partial charge on any atom is -0.488 e. The van der Waals surface area contributed by atoms with Gasteiger partial charge in [0.05, 0.1) is 5.02 Å². The molecule has 2 saturated carbocycles. The van der Waals surface area contributed by atoms with E-state index in [4.69, 9.17) is 22.1 Å². The fourth-order valence-corrected chi connectivity index (χ4v) is 3.86. The normalized spacial score (nSPS) is 29.0. The molecular weight excluding hydrogens is 258 g/mol. The Morgan fingerprint density at radius 3 is 2.68 bits per heavy atom. The van der Waals surface area contributed by atoms with Crippen molar-refractivity contribution in [3.8, 4) is 5.75 Å². The Hall–Kier alpha value is -0.730. The van der Waals surface area contributed by atoms with Crippen LogP contribution in [0.5, 0.6) is 5.75 Å². The van der Waals surface area contributed by atoms with E-state index in [1.54, 1.807) is 0 Å². The average Bonchev–Trinajstić information content (AvgIpc) is 2.43. The molecule has 0 heterocycles. The van der Waals surface area contributed by atoms with Crippen LogP contribution in [0.2, 0.25) is 5.02 Å². The fourth-order valence-electron chi connectivity index (χ4n) is 3.70. The predicted molar refractivity (Wildman–Crippen MR) is 78.7 cm³/mol. The van der Waals surface area contributed by atoms with Gasteiger partial charge in [-0.25, -0.2) is 0 Å². The van der Waals surface area contributed by atoms with Gasteiger partial charge in [0, 0.05) is 17.9 Å². The van der Waals surface area contributed by atoms with Crippen molar-refractivity contribution < 1.29 is 4.74 Å². The molecule has 1 aromatic carbocycles. The number of hydrogen-bond acceptors (Lipinski definition) is 2. The van der Waals surface area contributed by atoms with Crippen molar-refractivity contribution in [2.75, 3.05) is 0 Å². The van der Waals surface area contributed by atoms with Crippen molar-refractivity contribution in [1.82, 2.24) is 0 Å². The van der Waals surface area contributed by atoms with E-state index in [1.165, 1.54) is 37.7 Å². The molecule has 2 fully saturated rings. The zero-order valence-corrected chi connectivity index (χ0v) is 12.2. The van der Waals surface area contributed by atoms with E-state index in [0.717, 1.165) is 12.2 Å². The molecule has 3 rings (SSSR count). The van der Waals surface area contributed by atoms with Gasteiger partial charge in [-0.2, -0.15) is 0 Å². The van der Waals surface area contributed by atoms with E-state index in [0.29, 0.717) is 11.1 Å². The standard InChI is InChI=1S/C16H22ClNO/c1-11-5-6-12(17)13(9-11)19-15-10-14(18)16(15)7-3-2-4-8-16/h5-6,9,14-15H,2-4,7-8,10,18H2,1H3. The quantitative estimate of drug-likeness (QED) is 0.885. The summed E-state index contributed by atoms with van der Waals surface area (Å²) >= 11 is 6.23. The van der Waals surface area contributed by atoms with Crippen molar-refractivity contribution in [3.63, 3.8) is 0 Å². The summed E-state index contributed by atoms with van der Waals surface area (Å²) in [4.78, 5) is 0. The summed E-state index contributed by atoms with van der Waals surface area (Å²) in [6.45, 7) is 2.06. The zero-order chi connectivity index (χ0) is 13.5. The third kappa shape index (κ3) is 2.25. The predicted octanol–water partition coefficient (Wildman–Crippen LogP) is 4.08. The molecule has 2 N–H and O–H groups in total. The summed E-state index contributed by atoms with van der Waals surface area (Å²) in [5.74, 6) is 0.823. The van der Waals surface area contributed by atoms with Crippen LogP contribution in [0.1, 0.15) is 44.1 Å². The van der Waals surface area contributed by atoms with Crippen LogP contribution in [-0.4, -0.2) is 12.1 Å². The van der Waals surface area contributed by atoms with Gasteiger partial charge < -0.3 is 10.5 Å². The van der Waals surface area contributed by atoms with E-state index in [9.17, 15) is 0 Å². The molecular formula is C16H22ClNO. The van der Waals surface area contributed by atoms with Crippen LogP contribution >= 0.6 is 11.6 Å². The van der Waals surface area contributed by atoms with Gasteiger partial charge in [-0.05, 0) is 37.5 Å². The van der Waals surface area contributed by atoms with Crippen LogP contribution in [0.3, 0.4) is 0 Å². The second kappa shape index (κ2) is 4.99. The molecule has 0 radical (unpaired) electrons. The number of aryl methyl sites for hydroxylation is 1. The fraction of sp³-hybridized carbons (Fsp3) is 0.625. The van der Waals surface area contributed by atoms with Crippen LogP contribution in [0, 0.1) is 12.3 Å². The van der Waals surface area contributed by atoms with Gasteiger partial charge in [0.15, 0.2) is 0 Å². The molecule has 0 aromatic heterocycles. The van der Waals surface area contributed by atoms with Crippen LogP contribution in [0.25, 0.3) is 0 Å². The Morgan fingerprint density at radius 1 is 1.26 bits per heavy atom. The maximum absolute atomic E-state index is 6.29. The summed E-state index contributed by atoms with van der Waals surface area (Å²) in [7, 11) is 0. The first-order valence-corrected chi connectivity index (χ1v) is 7.68.